The topological polar surface area (TPSA) is 60.4 Å². The zero-order chi connectivity index (χ0) is 8.97. The molecule has 2 atom stereocenters. The summed E-state index contributed by atoms with van der Waals surface area (Å²) in [5.74, 6) is -0.815. The van der Waals surface area contributed by atoms with Gasteiger partial charge in [0.15, 0.2) is 0 Å². The Morgan fingerprint density at radius 1 is 1.38 bits per heavy atom. The van der Waals surface area contributed by atoms with E-state index in [2.05, 4.69) is 0 Å². The summed E-state index contributed by atoms with van der Waals surface area (Å²) in [7, 11) is 0. The van der Waals surface area contributed by atoms with Crippen molar-refractivity contribution in [2.24, 2.45) is 5.92 Å². The quantitative estimate of drug-likeness (QED) is 0.489. The largest absolute Gasteiger partial charge is 1.00 e. The molecule has 70 valence electrons. The van der Waals surface area contributed by atoms with Gasteiger partial charge in [0.1, 0.15) is 0 Å². The zero-order valence-electron chi connectivity index (χ0n) is 8.16. The van der Waals surface area contributed by atoms with Crippen LogP contribution in [0.4, 0.5) is 0 Å². The average molecular weight is 194 g/mol. The van der Waals surface area contributed by atoms with E-state index in [-0.39, 0.29) is 48.0 Å². The third kappa shape index (κ3) is 5.01. The standard InChI is InChI=1S/C9H16O3.Na/c10-8-4-2-1-3-7(8)5-6-9(11)12;/h7-8,10H,1-6H2,(H,11,12);/q;+1/p-1/t7-,8-;/m1./s1. The molecule has 0 saturated heterocycles. The van der Waals surface area contributed by atoms with Crippen molar-refractivity contribution in [3.8, 4) is 0 Å². The maximum absolute atomic E-state index is 10.2. The molecule has 1 saturated carbocycles. The first-order valence-electron chi connectivity index (χ1n) is 4.58. The van der Waals surface area contributed by atoms with E-state index in [1.54, 1.807) is 0 Å². The Labute approximate surface area is 101 Å². The van der Waals surface area contributed by atoms with Crippen LogP contribution in [0.3, 0.4) is 0 Å². The first kappa shape index (κ1) is 13.4. The van der Waals surface area contributed by atoms with Gasteiger partial charge in [0.2, 0.25) is 0 Å². The summed E-state index contributed by atoms with van der Waals surface area (Å²) < 4.78 is 0. The molecule has 0 aromatic carbocycles. The predicted molar refractivity (Wildman–Crippen MR) is 42.2 cm³/mol. The van der Waals surface area contributed by atoms with Crippen molar-refractivity contribution in [3.05, 3.63) is 0 Å². The van der Waals surface area contributed by atoms with Gasteiger partial charge in [-0.15, -0.1) is 0 Å². The van der Waals surface area contributed by atoms with Crippen LogP contribution in [-0.2, 0) is 4.79 Å². The first-order valence-corrected chi connectivity index (χ1v) is 4.58. The number of hydrogen-bond acceptors (Lipinski definition) is 3. The third-order valence-electron chi connectivity index (χ3n) is 2.59. The molecule has 1 aliphatic carbocycles. The Hall–Kier alpha value is 0.430. The fourth-order valence-corrected chi connectivity index (χ4v) is 1.83. The molecule has 0 spiro atoms. The zero-order valence-corrected chi connectivity index (χ0v) is 10.2. The Morgan fingerprint density at radius 2 is 2.00 bits per heavy atom. The van der Waals surface area contributed by atoms with E-state index in [9.17, 15) is 15.0 Å². The summed E-state index contributed by atoms with van der Waals surface area (Å²) >= 11 is 0. The summed E-state index contributed by atoms with van der Waals surface area (Å²) in [5.41, 5.74) is 0. The molecule has 1 aliphatic rings. The van der Waals surface area contributed by atoms with Crippen molar-refractivity contribution >= 4 is 5.97 Å². The first-order chi connectivity index (χ1) is 5.70. The van der Waals surface area contributed by atoms with Gasteiger partial charge in [-0.05, 0) is 31.6 Å². The van der Waals surface area contributed by atoms with Gasteiger partial charge in [-0.2, -0.15) is 0 Å². The van der Waals surface area contributed by atoms with Crippen LogP contribution in [-0.4, -0.2) is 17.2 Å². The van der Waals surface area contributed by atoms with Crippen LogP contribution >= 0.6 is 0 Å². The van der Waals surface area contributed by atoms with Crippen LogP contribution in [0.2, 0.25) is 0 Å². The van der Waals surface area contributed by atoms with E-state index in [0.717, 1.165) is 25.7 Å². The molecular formula is C9H15NaO3. The number of carboxylic acid groups (broad SMARTS) is 1. The van der Waals surface area contributed by atoms with Crippen LogP contribution in [0, 0.1) is 5.92 Å². The molecule has 0 amide bonds. The molecule has 1 rings (SSSR count). The fraction of sp³-hybridized carbons (Fsp3) is 0.889. The van der Waals surface area contributed by atoms with Crippen molar-refractivity contribution in [1.82, 2.24) is 0 Å². The summed E-state index contributed by atoms with van der Waals surface area (Å²) in [6.45, 7) is 0. The molecular weight excluding hydrogens is 179 g/mol. The van der Waals surface area contributed by atoms with Gasteiger partial charge in [0, 0.05) is 5.97 Å². The summed E-state index contributed by atoms with van der Waals surface area (Å²) in [5, 5.41) is 19.6. The van der Waals surface area contributed by atoms with Crippen LogP contribution in [0.15, 0.2) is 0 Å². The van der Waals surface area contributed by atoms with Crippen molar-refractivity contribution in [2.45, 2.75) is 44.6 Å². The minimum absolute atomic E-state index is 0. The van der Waals surface area contributed by atoms with Gasteiger partial charge in [-0.3, -0.25) is 0 Å². The monoisotopic (exact) mass is 194 g/mol. The number of carbonyl (C=O) groups excluding carboxylic acids is 1. The minimum atomic E-state index is -1.01. The molecule has 3 nitrogen and oxygen atoms in total. The Morgan fingerprint density at radius 3 is 2.54 bits per heavy atom. The summed E-state index contributed by atoms with van der Waals surface area (Å²) in [4.78, 5) is 10.2. The predicted octanol–water partition coefficient (Wildman–Crippen LogP) is -2.93. The van der Waals surface area contributed by atoms with E-state index in [1.165, 1.54) is 0 Å². The maximum Gasteiger partial charge on any atom is 1.00 e. The Bertz CT molecular complexity index is 161. The normalized spacial score (nSPS) is 27.8. The SMILES string of the molecule is O=C([O-])CC[C@H]1CCCC[C@H]1O.[Na+]. The molecule has 0 aromatic heterocycles. The number of aliphatic hydroxyl groups is 1. The van der Waals surface area contributed by atoms with Crippen molar-refractivity contribution in [1.29, 1.82) is 0 Å². The average Bonchev–Trinajstić information content (AvgIpc) is 2.03. The third-order valence-corrected chi connectivity index (χ3v) is 2.59. The van der Waals surface area contributed by atoms with Crippen LogP contribution in [0.1, 0.15) is 38.5 Å². The van der Waals surface area contributed by atoms with E-state index >= 15 is 0 Å². The molecule has 0 heterocycles. The summed E-state index contributed by atoms with van der Waals surface area (Å²) in [6, 6.07) is 0. The van der Waals surface area contributed by atoms with Gasteiger partial charge < -0.3 is 15.0 Å². The fourth-order valence-electron chi connectivity index (χ4n) is 1.83. The van der Waals surface area contributed by atoms with Gasteiger partial charge in [-0.1, -0.05) is 12.8 Å². The van der Waals surface area contributed by atoms with Crippen molar-refractivity contribution in [2.75, 3.05) is 0 Å². The minimum Gasteiger partial charge on any atom is -0.550 e. The van der Waals surface area contributed by atoms with Crippen LogP contribution in [0.25, 0.3) is 0 Å². The van der Waals surface area contributed by atoms with E-state index in [0.29, 0.717) is 6.42 Å². The molecule has 13 heavy (non-hydrogen) atoms. The van der Waals surface area contributed by atoms with Crippen LogP contribution in [0.5, 0.6) is 0 Å². The van der Waals surface area contributed by atoms with Gasteiger partial charge >= 0.3 is 29.6 Å². The van der Waals surface area contributed by atoms with Gasteiger partial charge in [0.25, 0.3) is 0 Å². The molecule has 0 aliphatic heterocycles. The molecule has 1 fully saturated rings. The molecule has 0 bridgehead atoms. The molecule has 4 heteroatoms. The van der Waals surface area contributed by atoms with E-state index in [1.807, 2.05) is 0 Å². The maximum atomic E-state index is 10.2. The Kier molecular flexibility index (Phi) is 7.05. The van der Waals surface area contributed by atoms with Crippen LogP contribution < -0.4 is 34.7 Å². The second kappa shape index (κ2) is 6.82. The second-order valence-corrected chi connectivity index (χ2v) is 3.52. The van der Waals surface area contributed by atoms with E-state index in [4.69, 9.17) is 0 Å². The van der Waals surface area contributed by atoms with Crippen molar-refractivity contribution in [3.63, 3.8) is 0 Å². The van der Waals surface area contributed by atoms with E-state index < -0.39 is 5.97 Å². The smallest absolute Gasteiger partial charge is 0.550 e. The molecule has 1 N–H and O–H groups in total. The number of aliphatic hydroxyl groups excluding tert-OH is 1. The number of rotatable bonds is 3. The molecule has 0 aromatic rings. The van der Waals surface area contributed by atoms with Gasteiger partial charge in [0.05, 0.1) is 6.10 Å². The number of aliphatic carboxylic acids is 1. The molecule has 0 radical (unpaired) electrons. The summed E-state index contributed by atoms with van der Waals surface area (Å²) in [6.07, 6.45) is 4.37. The number of carboxylic acids is 1. The van der Waals surface area contributed by atoms with Gasteiger partial charge in [-0.25, -0.2) is 0 Å². The second-order valence-electron chi connectivity index (χ2n) is 3.52. The number of hydrogen-bond donors (Lipinski definition) is 1. The number of carbonyl (C=O) groups is 1. The molecule has 0 unspecified atom stereocenters. The Balaban J connectivity index is 0.00000144. The van der Waals surface area contributed by atoms with Crippen molar-refractivity contribution < 1.29 is 44.6 Å².